The average molecular weight is 366 g/mol. The molecule has 0 spiro atoms. The lowest BCUT2D eigenvalue weighted by Crippen LogP contribution is -2.56. The molecule has 7 N–H and O–H groups in total. The summed E-state index contributed by atoms with van der Waals surface area (Å²) < 4.78 is 33.0. The minimum atomic E-state index is -3.80. The molecule has 1 aliphatic rings. The van der Waals surface area contributed by atoms with Crippen LogP contribution in [0.4, 0.5) is 0 Å². The monoisotopic (exact) mass is 366 g/mol. The van der Waals surface area contributed by atoms with Crippen molar-refractivity contribution in [3.8, 4) is 0 Å². The lowest BCUT2D eigenvalue weighted by Gasteiger charge is -2.27. The zero-order chi connectivity index (χ0) is 18.4. The van der Waals surface area contributed by atoms with Crippen molar-refractivity contribution in [2.24, 2.45) is 17.4 Å². The molecule has 0 saturated carbocycles. The standard InChI is InChI=1S/C12H27BN4O6S/c1-2-23-11(18)12(15)9-17(24(21,22)16-7-6-14)8-10(12)4-3-5-13(19)20/h10,16,19-20H,2-9,14-15H2,1H3/t10-,12-/m1/s1. The van der Waals surface area contributed by atoms with Crippen molar-refractivity contribution in [1.29, 1.82) is 0 Å². The Kier molecular flexibility index (Phi) is 8.06. The second kappa shape index (κ2) is 9.08. The third kappa shape index (κ3) is 5.38. The summed E-state index contributed by atoms with van der Waals surface area (Å²) in [6.07, 6.45) is 0.883. The van der Waals surface area contributed by atoms with Gasteiger partial charge in [0.2, 0.25) is 0 Å². The summed E-state index contributed by atoms with van der Waals surface area (Å²) in [5, 5.41) is 17.9. The third-order valence-electron chi connectivity index (χ3n) is 4.03. The Hall–Kier alpha value is -0.755. The first-order chi connectivity index (χ1) is 11.2. The first-order valence-electron chi connectivity index (χ1n) is 7.94. The zero-order valence-corrected chi connectivity index (χ0v) is 14.7. The Morgan fingerprint density at radius 2 is 2.17 bits per heavy atom. The van der Waals surface area contributed by atoms with Crippen molar-refractivity contribution in [2.45, 2.75) is 31.6 Å². The maximum atomic E-state index is 12.3. The maximum Gasteiger partial charge on any atom is 0.451 e. The van der Waals surface area contributed by atoms with Gasteiger partial charge in [0.1, 0.15) is 5.54 Å². The zero-order valence-electron chi connectivity index (χ0n) is 13.8. The molecule has 1 aliphatic heterocycles. The molecular weight excluding hydrogens is 339 g/mol. The highest BCUT2D eigenvalue weighted by molar-refractivity contribution is 7.87. The molecule has 0 unspecified atom stereocenters. The van der Waals surface area contributed by atoms with Crippen LogP contribution < -0.4 is 16.2 Å². The molecule has 0 aromatic heterocycles. The second-order valence-corrected chi connectivity index (χ2v) is 7.61. The van der Waals surface area contributed by atoms with Gasteiger partial charge in [0, 0.05) is 32.1 Å². The minimum absolute atomic E-state index is 0.0523. The highest BCUT2D eigenvalue weighted by Crippen LogP contribution is 2.32. The van der Waals surface area contributed by atoms with Crippen LogP contribution in [0, 0.1) is 5.92 Å². The molecule has 140 valence electrons. The fourth-order valence-corrected chi connectivity index (χ4v) is 4.07. The molecule has 10 nitrogen and oxygen atoms in total. The molecule has 0 aliphatic carbocycles. The quantitative estimate of drug-likeness (QED) is 0.204. The van der Waals surface area contributed by atoms with Gasteiger partial charge in [0.05, 0.1) is 6.61 Å². The maximum absolute atomic E-state index is 12.3. The van der Waals surface area contributed by atoms with E-state index in [-0.39, 0.29) is 39.1 Å². The predicted octanol–water partition coefficient (Wildman–Crippen LogP) is -2.78. The van der Waals surface area contributed by atoms with Crippen molar-refractivity contribution in [1.82, 2.24) is 9.03 Å². The number of nitrogens with two attached hydrogens (primary N) is 2. The molecule has 0 bridgehead atoms. The number of hydrogen-bond acceptors (Lipinski definition) is 8. The number of carbonyl (C=O) groups excluding carboxylic acids is 1. The first kappa shape index (κ1) is 21.3. The lowest BCUT2D eigenvalue weighted by molar-refractivity contribution is -0.150. The SMILES string of the molecule is CCOC(=O)[C@@]1(N)CN(S(=O)(=O)NCCN)C[C@H]1CCCB(O)O. The van der Waals surface area contributed by atoms with Gasteiger partial charge in [-0.1, -0.05) is 6.42 Å². The van der Waals surface area contributed by atoms with Crippen LogP contribution in [0.2, 0.25) is 6.32 Å². The number of hydrogen-bond donors (Lipinski definition) is 5. The van der Waals surface area contributed by atoms with Gasteiger partial charge in [0.25, 0.3) is 10.2 Å². The van der Waals surface area contributed by atoms with E-state index in [0.717, 1.165) is 4.31 Å². The normalized spacial score (nSPS) is 25.0. The van der Waals surface area contributed by atoms with Gasteiger partial charge >= 0.3 is 13.1 Å². The molecule has 0 radical (unpaired) electrons. The molecule has 1 heterocycles. The van der Waals surface area contributed by atoms with E-state index in [1.54, 1.807) is 6.92 Å². The Morgan fingerprint density at radius 3 is 2.71 bits per heavy atom. The number of esters is 1. The Morgan fingerprint density at radius 1 is 1.50 bits per heavy atom. The number of ether oxygens (including phenoxy) is 1. The van der Waals surface area contributed by atoms with Crippen LogP contribution in [-0.4, -0.2) is 74.2 Å². The Labute approximate surface area is 142 Å². The number of nitrogens with one attached hydrogen (secondary N) is 1. The minimum Gasteiger partial charge on any atom is -0.465 e. The predicted molar refractivity (Wildman–Crippen MR) is 88.8 cm³/mol. The van der Waals surface area contributed by atoms with Gasteiger partial charge in [-0.15, -0.1) is 0 Å². The number of nitrogens with zero attached hydrogens (tertiary/aromatic N) is 1. The summed E-state index contributed by atoms with van der Waals surface area (Å²) >= 11 is 0. The molecule has 1 rings (SSSR count). The van der Waals surface area contributed by atoms with Crippen molar-refractivity contribution >= 4 is 23.3 Å². The van der Waals surface area contributed by atoms with Gasteiger partial charge in [0.15, 0.2) is 0 Å². The molecule has 24 heavy (non-hydrogen) atoms. The van der Waals surface area contributed by atoms with E-state index in [2.05, 4.69) is 4.72 Å². The molecule has 1 saturated heterocycles. The van der Waals surface area contributed by atoms with Crippen molar-refractivity contribution in [3.63, 3.8) is 0 Å². The molecule has 0 aromatic carbocycles. The van der Waals surface area contributed by atoms with E-state index in [1.807, 2.05) is 0 Å². The molecule has 1 fully saturated rings. The van der Waals surface area contributed by atoms with Crippen molar-refractivity contribution in [2.75, 3.05) is 32.8 Å². The van der Waals surface area contributed by atoms with E-state index in [4.69, 9.17) is 26.3 Å². The van der Waals surface area contributed by atoms with E-state index in [9.17, 15) is 13.2 Å². The molecule has 0 aromatic rings. The smallest absolute Gasteiger partial charge is 0.451 e. The third-order valence-corrected chi connectivity index (χ3v) is 5.56. The summed E-state index contributed by atoms with van der Waals surface area (Å²) in [4.78, 5) is 12.3. The van der Waals surface area contributed by atoms with Crippen LogP contribution in [0.3, 0.4) is 0 Å². The summed E-state index contributed by atoms with van der Waals surface area (Å²) in [5.74, 6) is -1.14. The average Bonchev–Trinajstić information content (AvgIpc) is 2.85. The van der Waals surface area contributed by atoms with Gasteiger partial charge in [-0.05, 0) is 19.7 Å². The van der Waals surface area contributed by atoms with Crippen LogP contribution in [-0.2, 0) is 19.7 Å². The van der Waals surface area contributed by atoms with Crippen LogP contribution >= 0.6 is 0 Å². The van der Waals surface area contributed by atoms with Crippen LogP contribution in [0.5, 0.6) is 0 Å². The van der Waals surface area contributed by atoms with E-state index < -0.39 is 34.8 Å². The van der Waals surface area contributed by atoms with Crippen molar-refractivity contribution in [3.05, 3.63) is 0 Å². The van der Waals surface area contributed by atoms with Crippen LogP contribution in [0.1, 0.15) is 19.8 Å². The fourth-order valence-electron chi connectivity index (χ4n) is 2.75. The van der Waals surface area contributed by atoms with Gasteiger partial charge in [-0.3, -0.25) is 0 Å². The van der Waals surface area contributed by atoms with E-state index >= 15 is 0 Å². The molecule has 12 heteroatoms. The number of rotatable bonds is 10. The summed E-state index contributed by atoms with van der Waals surface area (Å²) in [7, 11) is -5.25. The largest absolute Gasteiger partial charge is 0.465 e. The topological polar surface area (TPSA) is 168 Å². The highest BCUT2D eigenvalue weighted by Gasteiger charge is 2.52. The summed E-state index contributed by atoms with van der Waals surface area (Å²) in [5.41, 5.74) is 10.0. The van der Waals surface area contributed by atoms with Gasteiger partial charge in [-0.25, -0.2) is 9.52 Å². The second-order valence-electron chi connectivity index (χ2n) is 5.85. The fraction of sp³-hybridized carbons (Fsp3) is 0.917. The van der Waals surface area contributed by atoms with Crippen molar-refractivity contribution < 1.29 is 28.0 Å². The molecule has 2 atom stereocenters. The summed E-state index contributed by atoms with van der Waals surface area (Å²) in [6, 6.07) is 0. The number of carbonyl (C=O) groups is 1. The summed E-state index contributed by atoms with van der Waals surface area (Å²) in [6.45, 7) is 1.87. The Balaban J connectivity index is 2.90. The van der Waals surface area contributed by atoms with Gasteiger partial charge < -0.3 is 26.3 Å². The van der Waals surface area contributed by atoms with Crippen LogP contribution in [0.25, 0.3) is 0 Å². The van der Waals surface area contributed by atoms with E-state index in [1.165, 1.54) is 0 Å². The molecular formula is C12H27BN4O6S. The van der Waals surface area contributed by atoms with E-state index in [0.29, 0.717) is 12.8 Å². The van der Waals surface area contributed by atoms with Crippen LogP contribution in [0.15, 0.2) is 0 Å². The first-order valence-corrected chi connectivity index (χ1v) is 9.38. The Bertz CT molecular complexity index is 520. The molecule has 0 amide bonds. The van der Waals surface area contributed by atoms with Gasteiger partial charge in [-0.2, -0.15) is 12.7 Å². The lowest BCUT2D eigenvalue weighted by atomic mass is 9.78. The highest BCUT2D eigenvalue weighted by atomic mass is 32.2.